The number of Topliss-reactive ketones (excluding diaryl/α,β-unsaturated/α-hetero) is 1. The second-order valence-electron chi connectivity index (χ2n) is 11.3. The van der Waals surface area contributed by atoms with Gasteiger partial charge in [-0.2, -0.15) is 0 Å². The fourth-order valence-corrected chi connectivity index (χ4v) is 6.38. The van der Waals surface area contributed by atoms with Gasteiger partial charge in [-0.1, -0.05) is 56.4 Å². The summed E-state index contributed by atoms with van der Waals surface area (Å²) in [6, 6.07) is 17.9. The third kappa shape index (κ3) is 4.32. The molecule has 2 aliphatic heterocycles. The number of methoxy groups -OCH3 is 1. The summed E-state index contributed by atoms with van der Waals surface area (Å²) in [5.41, 5.74) is 3.92. The van der Waals surface area contributed by atoms with E-state index in [1.165, 1.54) is 16.2 Å². The molecular weight excluding hydrogens is 524 g/mol. The highest BCUT2D eigenvalue weighted by molar-refractivity contribution is 7.22. The molecular formula is C32H30N2O5S. The van der Waals surface area contributed by atoms with Crippen LogP contribution in [-0.2, 0) is 21.4 Å². The first-order valence-electron chi connectivity index (χ1n) is 13.2. The lowest BCUT2D eigenvalue weighted by Crippen LogP contribution is -2.29. The molecule has 1 amide bonds. The van der Waals surface area contributed by atoms with Crippen molar-refractivity contribution < 1.29 is 24.2 Å². The van der Waals surface area contributed by atoms with Crippen LogP contribution in [0, 0.1) is 0 Å². The highest BCUT2D eigenvalue weighted by Gasteiger charge is 2.48. The molecule has 8 heteroatoms. The van der Waals surface area contributed by atoms with Gasteiger partial charge in [0.05, 0.1) is 28.9 Å². The number of nitrogens with zero attached hydrogens (tertiary/aromatic N) is 2. The molecule has 0 spiro atoms. The minimum Gasteiger partial charge on any atom is -0.507 e. The number of hydrogen-bond acceptors (Lipinski definition) is 7. The van der Waals surface area contributed by atoms with Crippen LogP contribution < -0.4 is 14.4 Å². The van der Waals surface area contributed by atoms with Crippen molar-refractivity contribution in [3.8, 4) is 11.5 Å². The van der Waals surface area contributed by atoms with Crippen molar-refractivity contribution in [2.45, 2.75) is 51.7 Å². The molecule has 0 radical (unpaired) electrons. The van der Waals surface area contributed by atoms with Crippen LogP contribution in [0.4, 0.5) is 5.13 Å². The van der Waals surface area contributed by atoms with Gasteiger partial charge in [0.15, 0.2) is 5.13 Å². The van der Waals surface area contributed by atoms with E-state index in [1.54, 1.807) is 25.3 Å². The molecule has 40 heavy (non-hydrogen) atoms. The van der Waals surface area contributed by atoms with E-state index in [0.29, 0.717) is 33.9 Å². The third-order valence-electron chi connectivity index (χ3n) is 7.50. The number of anilines is 1. The number of ether oxygens (including phenoxy) is 2. The number of carbonyl (C=O) groups excluding carboxylic acids is 2. The smallest absolute Gasteiger partial charge is 0.301 e. The molecule has 4 aromatic rings. The molecule has 0 saturated carbocycles. The normalized spacial score (nSPS) is 20.2. The van der Waals surface area contributed by atoms with Crippen LogP contribution in [0.15, 0.2) is 66.2 Å². The molecule has 2 atom stereocenters. The summed E-state index contributed by atoms with van der Waals surface area (Å²) in [5, 5.41) is 12.0. The summed E-state index contributed by atoms with van der Waals surface area (Å²) in [4.78, 5) is 33.4. The van der Waals surface area contributed by atoms with Crippen molar-refractivity contribution in [1.82, 2.24) is 4.98 Å². The number of amides is 1. The highest BCUT2D eigenvalue weighted by atomic mass is 32.1. The summed E-state index contributed by atoms with van der Waals surface area (Å²) in [6.45, 7) is 8.37. The predicted molar refractivity (Wildman–Crippen MR) is 156 cm³/mol. The van der Waals surface area contributed by atoms with Gasteiger partial charge < -0.3 is 14.6 Å². The Hall–Kier alpha value is -4.17. The van der Waals surface area contributed by atoms with E-state index in [4.69, 9.17) is 14.5 Å². The maximum atomic E-state index is 13.6. The van der Waals surface area contributed by atoms with Crippen LogP contribution in [0.2, 0.25) is 0 Å². The van der Waals surface area contributed by atoms with Crippen LogP contribution in [0.3, 0.4) is 0 Å². The molecule has 0 unspecified atom stereocenters. The third-order valence-corrected chi connectivity index (χ3v) is 8.51. The first-order valence-corrected chi connectivity index (χ1v) is 14.0. The van der Waals surface area contributed by atoms with Crippen LogP contribution in [0.25, 0.3) is 16.0 Å². The summed E-state index contributed by atoms with van der Waals surface area (Å²) in [5.74, 6) is -0.242. The predicted octanol–water partition coefficient (Wildman–Crippen LogP) is 6.55. The quantitative estimate of drug-likeness (QED) is 0.175. The number of thiazole rings is 1. The van der Waals surface area contributed by atoms with Crippen molar-refractivity contribution >= 4 is 44.1 Å². The number of aromatic nitrogens is 1. The summed E-state index contributed by atoms with van der Waals surface area (Å²) in [6.07, 6.45) is 0.745. The zero-order chi connectivity index (χ0) is 28.3. The van der Waals surface area contributed by atoms with Crippen molar-refractivity contribution in [3.05, 3.63) is 88.5 Å². The monoisotopic (exact) mass is 554 g/mol. The molecule has 1 fully saturated rings. The number of rotatable bonds is 4. The average molecular weight is 555 g/mol. The number of aliphatic hydroxyl groups excluding tert-OH is 1. The van der Waals surface area contributed by atoms with Crippen LogP contribution in [-0.4, -0.2) is 35.0 Å². The fraction of sp³-hybridized carbons (Fsp3) is 0.281. The lowest BCUT2D eigenvalue weighted by atomic mass is 9.85. The standard InChI is InChI=1S/C32H30N2O5S/c1-17-14-20-15-19(8-13-24(20)39-17)28(35)26-27(18-6-9-21(10-7-18)32(2,3)4)34(30(37)29(26)36)31-33-23-12-11-22(38-5)16-25(23)40-31/h6-13,15-17,27,35H,14H2,1-5H3/t17-,27-/m1/s1. The van der Waals surface area contributed by atoms with E-state index in [2.05, 4.69) is 20.8 Å². The van der Waals surface area contributed by atoms with Crippen molar-refractivity contribution in [2.24, 2.45) is 0 Å². The van der Waals surface area contributed by atoms with Crippen molar-refractivity contribution in [2.75, 3.05) is 12.0 Å². The summed E-state index contributed by atoms with van der Waals surface area (Å²) < 4.78 is 12.0. The molecule has 1 N–H and O–H groups in total. The Morgan fingerprint density at radius 2 is 1.82 bits per heavy atom. The van der Waals surface area contributed by atoms with Crippen molar-refractivity contribution in [3.63, 3.8) is 0 Å². The molecule has 0 bridgehead atoms. The summed E-state index contributed by atoms with van der Waals surface area (Å²) in [7, 11) is 1.59. The van der Waals surface area contributed by atoms with Gasteiger partial charge in [-0.15, -0.1) is 0 Å². The number of carbonyl (C=O) groups is 2. The van der Waals surface area contributed by atoms with E-state index in [1.807, 2.05) is 49.4 Å². The number of hydrogen-bond donors (Lipinski definition) is 1. The van der Waals surface area contributed by atoms with E-state index >= 15 is 0 Å². The Labute approximate surface area is 236 Å². The maximum Gasteiger partial charge on any atom is 0.301 e. The fourth-order valence-electron chi connectivity index (χ4n) is 5.36. The topological polar surface area (TPSA) is 89.0 Å². The number of fused-ring (bicyclic) bond motifs is 2. The second-order valence-corrected chi connectivity index (χ2v) is 12.3. The van der Waals surface area contributed by atoms with Crippen molar-refractivity contribution in [1.29, 1.82) is 0 Å². The lowest BCUT2D eigenvalue weighted by Gasteiger charge is -2.24. The van der Waals surface area contributed by atoms with Gasteiger partial charge in [-0.3, -0.25) is 14.5 Å². The van der Waals surface area contributed by atoms with E-state index in [-0.39, 0.29) is 22.9 Å². The Balaban J connectivity index is 1.52. The summed E-state index contributed by atoms with van der Waals surface area (Å²) >= 11 is 1.30. The van der Waals surface area contributed by atoms with Gasteiger partial charge >= 0.3 is 5.91 Å². The number of aliphatic hydroxyl groups is 1. The largest absolute Gasteiger partial charge is 0.507 e. The molecule has 1 saturated heterocycles. The van der Waals surface area contributed by atoms with E-state index < -0.39 is 17.7 Å². The van der Waals surface area contributed by atoms with Gasteiger partial charge in [0, 0.05) is 12.0 Å². The van der Waals surface area contributed by atoms with Crippen LogP contribution >= 0.6 is 11.3 Å². The first-order chi connectivity index (χ1) is 19.0. The van der Waals surface area contributed by atoms with Crippen LogP contribution in [0.1, 0.15) is 56.0 Å². The highest BCUT2D eigenvalue weighted by Crippen LogP contribution is 2.45. The SMILES string of the molecule is COc1ccc2nc(N3C(=O)C(=O)C(=C(O)c4ccc5c(c4)C[C@@H](C)O5)[C@H]3c3ccc(C(C)(C)C)cc3)sc2c1. The van der Waals surface area contributed by atoms with Gasteiger partial charge in [0.1, 0.15) is 23.4 Å². The van der Waals surface area contributed by atoms with Gasteiger partial charge in [-0.05, 0) is 65.4 Å². The average Bonchev–Trinajstić information content (AvgIpc) is 3.59. The second kappa shape index (κ2) is 9.48. The Morgan fingerprint density at radius 1 is 1.07 bits per heavy atom. The minimum absolute atomic E-state index is 0.0389. The van der Waals surface area contributed by atoms with Gasteiger partial charge in [0.25, 0.3) is 5.78 Å². The molecule has 7 nitrogen and oxygen atoms in total. The Bertz CT molecular complexity index is 1700. The Morgan fingerprint density at radius 3 is 2.52 bits per heavy atom. The molecule has 6 rings (SSSR count). The molecule has 3 heterocycles. The van der Waals surface area contributed by atoms with Crippen LogP contribution in [0.5, 0.6) is 11.5 Å². The molecule has 0 aliphatic carbocycles. The van der Waals surface area contributed by atoms with E-state index in [9.17, 15) is 14.7 Å². The maximum absolute atomic E-state index is 13.6. The van der Waals surface area contributed by atoms with E-state index in [0.717, 1.165) is 21.6 Å². The lowest BCUT2D eigenvalue weighted by molar-refractivity contribution is -0.132. The van der Waals surface area contributed by atoms with Gasteiger partial charge in [0.2, 0.25) is 0 Å². The number of ketones is 1. The minimum atomic E-state index is -0.847. The molecule has 3 aromatic carbocycles. The molecule has 2 aliphatic rings. The van der Waals surface area contributed by atoms with Gasteiger partial charge in [-0.25, -0.2) is 4.98 Å². The molecule has 1 aromatic heterocycles. The zero-order valence-electron chi connectivity index (χ0n) is 23.0. The Kier molecular flexibility index (Phi) is 6.18. The zero-order valence-corrected chi connectivity index (χ0v) is 23.8. The first kappa shape index (κ1) is 26.1. The molecule has 204 valence electrons. The number of benzene rings is 3.